The number of rotatable bonds is 7. The van der Waals surface area contributed by atoms with Crippen LogP contribution in [0, 0.1) is 5.92 Å². The normalized spacial score (nSPS) is 15.5. The highest BCUT2D eigenvalue weighted by Gasteiger charge is 2.42. The fraction of sp³-hybridized carbons (Fsp3) is 0.467. The van der Waals surface area contributed by atoms with E-state index in [4.69, 9.17) is 11.5 Å². The maximum atomic E-state index is 12.1. The summed E-state index contributed by atoms with van der Waals surface area (Å²) in [4.78, 5) is 23.2. The maximum Gasteiger partial charge on any atom is 0.228 e. The Hall–Kier alpha value is -1.84. The van der Waals surface area contributed by atoms with Crippen molar-refractivity contribution in [3.05, 3.63) is 35.9 Å². The first-order valence-corrected chi connectivity index (χ1v) is 6.58. The SMILES string of the molecule is CCC(C)C(CCC(N)=O)(C(N)=O)c1ccccc1. The molecule has 0 bridgehead atoms. The Kier molecular flexibility index (Phi) is 5.10. The molecule has 0 spiro atoms. The van der Waals surface area contributed by atoms with Gasteiger partial charge in [-0.15, -0.1) is 0 Å². The lowest BCUT2D eigenvalue weighted by molar-refractivity contribution is -0.126. The minimum atomic E-state index is -0.828. The fourth-order valence-electron chi connectivity index (χ4n) is 2.59. The molecular weight excluding hydrogens is 240 g/mol. The van der Waals surface area contributed by atoms with Crippen molar-refractivity contribution in [2.45, 2.75) is 38.5 Å². The van der Waals surface area contributed by atoms with Gasteiger partial charge in [0.1, 0.15) is 0 Å². The van der Waals surface area contributed by atoms with Gasteiger partial charge < -0.3 is 11.5 Å². The predicted octanol–water partition coefficient (Wildman–Crippen LogP) is 1.72. The van der Waals surface area contributed by atoms with E-state index in [9.17, 15) is 9.59 Å². The molecule has 1 aromatic carbocycles. The molecule has 0 aromatic heterocycles. The molecule has 0 aliphatic heterocycles. The molecule has 1 aromatic rings. The van der Waals surface area contributed by atoms with Gasteiger partial charge in [0.05, 0.1) is 5.41 Å². The van der Waals surface area contributed by atoms with Crippen LogP contribution in [-0.2, 0) is 15.0 Å². The molecule has 0 saturated carbocycles. The van der Waals surface area contributed by atoms with Crippen molar-refractivity contribution in [1.82, 2.24) is 0 Å². The molecule has 0 fully saturated rings. The topological polar surface area (TPSA) is 86.2 Å². The van der Waals surface area contributed by atoms with Crippen LogP contribution < -0.4 is 11.5 Å². The monoisotopic (exact) mass is 262 g/mol. The Morgan fingerprint density at radius 2 is 1.79 bits per heavy atom. The molecule has 4 N–H and O–H groups in total. The van der Waals surface area contributed by atoms with Crippen LogP contribution in [0.25, 0.3) is 0 Å². The van der Waals surface area contributed by atoms with E-state index < -0.39 is 17.2 Å². The smallest absolute Gasteiger partial charge is 0.228 e. The van der Waals surface area contributed by atoms with Crippen LogP contribution in [0.4, 0.5) is 0 Å². The molecule has 0 aliphatic rings. The van der Waals surface area contributed by atoms with Gasteiger partial charge >= 0.3 is 0 Å². The molecule has 19 heavy (non-hydrogen) atoms. The number of amides is 2. The van der Waals surface area contributed by atoms with Gasteiger partial charge in [-0.2, -0.15) is 0 Å². The Morgan fingerprint density at radius 1 is 1.21 bits per heavy atom. The van der Waals surface area contributed by atoms with E-state index in [1.807, 2.05) is 44.2 Å². The first-order valence-electron chi connectivity index (χ1n) is 6.58. The molecule has 1 rings (SSSR count). The molecule has 0 heterocycles. The lowest BCUT2D eigenvalue weighted by Gasteiger charge is -2.36. The van der Waals surface area contributed by atoms with E-state index in [0.717, 1.165) is 12.0 Å². The van der Waals surface area contributed by atoms with Gasteiger partial charge in [0, 0.05) is 6.42 Å². The lowest BCUT2D eigenvalue weighted by Crippen LogP contribution is -2.47. The Balaban J connectivity index is 3.27. The molecule has 0 aliphatic carbocycles. The van der Waals surface area contributed by atoms with Crippen molar-refractivity contribution in [3.63, 3.8) is 0 Å². The van der Waals surface area contributed by atoms with Gasteiger partial charge in [-0.25, -0.2) is 0 Å². The van der Waals surface area contributed by atoms with Crippen LogP contribution >= 0.6 is 0 Å². The van der Waals surface area contributed by atoms with E-state index in [-0.39, 0.29) is 12.3 Å². The van der Waals surface area contributed by atoms with Gasteiger partial charge in [-0.05, 0) is 17.9 Å². The van der Waals surface area contributed by atoms with Crippen molar-refractivity contribution in [1.29, 1.82) is 0 Å². The summed E-state index contributed by atoms with van der Waals surface area (Å²) in [5, 5.41) is 0. The zero-order valence-electron chi connectivity index (χ0n) is 11.6. The number of benzene rings is 1. The molecule has 2 amide bonds. The van der Waals surface area contributed by atoms with E-state index in [2.05, 4.69) is 0 Å². The quantitative estimate of drug-likeness (QED) is 0.784. The number of nitrogens with two attached hydrogens (primary N) is 2. The van der Waals surface area contributed by atoms with Gasteiger partial charge in [-0.3, -0.25) is 9.59 Å². The highest BCUT2D eigenvalue weighted by Crippen LogP contribution is 2.38. The standard InChI is InChI=1S/C15H22N2O2/c1-3-11(2)15(14(17)19,10-9-13(16)18)12-7-5-4-6-8-12/h4-8,11H,3,9-10H2,1-2H3,(H2,16,18)(H2,17,19). The summed E-state index contributed by atoms with van der Waals surface area (Å²) in [7, 11) is 0. The van der Waals surface area contributed by atoms with E-state index in [0.29, 0.717) is 6.42 Å². The van der Waals surface area contributed by atoms with Crippen molar-refractivity contribution >= 4 is 11.8 Å². The first kappa shape index (κ1) is 15.2. The molecule has 2 atom stereocenters. The zero-order valence-corrected chi connectivity index (χ0v) is 11.6. The second-order valence-electron chi connectivity index (χ2n) is 4.98. The summed E-state index contributed by atoms with van der Waals surface area (Å²) < 4.78 is 0. The summed E-state index contributed by atoms with van der Waals surface area (Å²) >= 11 is 0. The van der Waals surface area contributed by atoms with Crippen molar-refractivity contribution in [2.75, 3.05) is 0 Å². The fourth-order valence-corrected chi connectivity index (χ4v) is 2.59. The molecule has 0 radical (unpaired) electrons. The highest BCUT2D eigenvalue weighted by atomic mass is 16.1. The van der Waals surface area contributed by atoms with Crippen LogP contribution in [0.5, 0.6) is 0 Å². The Labute approximate surface area is 114 Å². The van der Waals surface area contributed by atoms with Crippen molar-refractivity contribution < 1.29 is 9.59 Å². The lowest BCUT2D eigenvalue weighted by atomic mass is 9.66. The average molecular weight is 262 g/mol. The maximum absolute atomic E-state index is 12.1. The number of carbonyl (C=O) groups is 2. The van der Waals surface area contributed by atoms with Gasteiger partial charge in [-0.1, -0.05) is 50.6 Å². The van der Waals surface area contributed by atoms with Crippen LogP contribution in [0.3, 0.4) is 0 Å². The van der Waals surface area contributed by atoms with Gasteiger partial charge in [0.2, 0.25) is 11.8 Å². The molecular formula is C15H22N2O2. The summed E-state index contributed by atoms with van der Waals surface area (Å²) in [6.45, 7) is 3.99. The van der Waals surface area contributed by atoms with Crippen molar-refractivity contribution in [3.8, 4) is 0 Å². The van der Waals surface area contributed by atoms with E-state index in [1.165, 1.54) is 0 Å². The van der Waals surface area contributed by atoms with Gasteiger partial charge in [0.15, 0.2) is 0 Å². The number of hydrogen-bond donors (Lipinski definition) is 2. The first-order chi connectivity index (χ1) is 8.95. The van der Waals surface area contributed by atoms with Crippen LogP contribution in [0.1, 0.15) is 38.7 Å². The highest BCUT2D eigenvalue weighted by molar-refractivity contribution is 5.88. The molecule has 4 nitrogen and oxygen atoms in total. The second-order valence-corrected chi connectivity index (χ2v) is 4.98. The summed E-state index contributed by atoms with van der Waals surface area (Å²) in [5.41, 5.74) is 10.9. The Morgan fingerprint density at radius 3 is 2.21 bits per heavy atom. The van der Waals surface area contributed by atoms with Crippen molar-refractivity contribution in [2.24, 2.45) is 17.4 Å². The summed E-state index contributed by atoms with van der Waals surface area (Å²) in [6, 6.07) is 9.41. The van der Waals surface area contributed by atoms with E-state index in [1.54, 1.807) is 0 Å². The van der Waals surface area contributed by atoms with Crippen LogP contribution in [-0.4, -0.2) is 11.8 Å². The van der Waals surface area contributed by atoms with Crippen LogP contribution in [0.2, 0.25) is 0 Å². The number of hydrogen-bond acceptors (Lipinski definition) is 2. The molecule has 2 unspecified atom stereocenters. The number of carbonyl (C=O) groups excluding carboxylic acids is 2. The molecule has 0 saturated heterocycles. The second kappa shape index (κ2) is 6.36. The predicted molar refractivity (Wildman–Crippen MR) is 75.2 cm³/mol. The number of primary amides is 2. The zero-order chi connectivity index (χ0) is 14.5. The third-order valence-electron chi connectivity index (χ3n) is 3.95. The molecule has 4 heteroatoms. The van der Waals surface area contributed by atoms with E-state index >= 15 is 0 Å². The summed E-state index contributed by atoms with van der Waals surface area (Å²) in [6.07, 6.45) is 1.31. The largest absolute Gasteiger partial charge is 0.370 e. The average Bonchev–Trinajstić information content (AvgIpc) is 2.39. The van der Waals surface area contributed by atoms with Gasteiger partial charge in [0.25, 0.3) is 0 Å². The summed E-state index contributed by atoms with van der Waals surface area (Å²) in [5.74, 6) is -0.758. The Bertz CT molecular complexity index is 445. The third-order valence-corrected chi connectivity index (χ3v) is 3.95. The minimum absolute atomic E-state index is 0.0479. The third kappa shape index (κ3) is 3.13. The minimum Gasteiger partial charge on any atom is -0.370 e. The van der Waals surface area contributed by atoms with Crippen LogP contribution in [0.15, 0.2) is 30.3 Å². The molecule has 104 valence electrons.